The van der Waals surface area contributed by atoms with Gasteiger partial charge in [-0.3, -0.25) is 0 Å². The van der Waals surface area contributed by atoms with Gasteiger partial charge in [0.15, 0.2) is 0 Å². The molecule has 0 nitrogen and oxygen atoms in total. The average molecular weight is 362 g/mol. The first kappa shape index (κ1) is 15.9. The quantitative estimate of drug-likeness (QED) is 0.518. The van der Waals surface area contributed by atoms with Crippen molar-refractivity contribution in [2.45, 2.75) is 45.6 Å². The van der Waals surface area contributed by atoms with Crippen molar-refractivity contribution in [2.75, 3.05) is 0 Å². The molecule has 0 N–H and O–H groups in total. The molecule has 0 saturated carbocycles. The molecule has 2 aliphatic carbocycles. The van der Waals surface area contributed by atoms with Gasteiger partial charge >= 0.3 is 155 Å². The van der Waals surface area contributed by atoms with Crippen LogP contribution in [0.2, 0.25) is 9.45 Å². The fraction of sp³-hybridized carbons (Fsp3) is 0.333. The molecule has 5 rings (SSSR count). The van der Waals surface area contributed by atoms with Gasteiger partial charge in [-0.25, -0.2) is 0 Å². The Morgan fingerprint density at radius 1 is 0.640 bits per heavy atom. The number of benzene rings is 2. The van der Waals surface area contributed by atoms with Gasteiger partial charge in [0.25, 0.3) is 0 Å². The number of hydrogen-bond acceptors (Lipinski definition) is 0. The Hall–Kier alpha value is -1.37. The Morgan fingerprint density at radius 3 is 1.44 bits per heavy atom. The van der Waals surface area contributed by atoms with E-state index >= 15 is 0 Å². The van der Waals surface area contributed by atoms with Gasteiger partial charge in [0.05, 0.1) is 0 Å². The van der Waals surface area contributed by atoms with E-state index in [4.69, 9.17) is 0 Å². The fourth-order valence-corrected chi connectivity index (χ4v) is 14.8. The second-order valence-electron chi connectivity index (χ2n) is 8.46. The summed E-state index contributed by atoms with van der Waals surface area (Å²) in [7, 11) is 0. The predicted octanol–water partition coefficient (Wildman–Crippen LogP) is 6.76. The molecule has 0 bridgehead atoms. The van der Waals surface area contributed by atoms with Gasteiger partial charge in [0.1, 0.15) is 0 Å². The first-order valence-corrected chi connectivity index (χ1v) is 13.6. The molecular formula is C24H26Ti. The monoisotopic (exact) mass is 362 g/mol. The van der Waals surface area contributed by atoms with Gasteiger partial charge in [0, 0.05) is 0 Å². The summed E-state index contributed by atoms with van der Waals surface area (Å²) >= 11 is -1.99. The molecule has 2 aromatic rings. The van der Waals surface area contributed by atoms with Crippen LogP contribution in [0.15, 0.2) is 36.4 Å². The molecular weight excluding hydrogens is 336 g/mol. The summed E-state index contributed by atoms with van der Waals surface area (Å²) in [5.41, 5.74) is 12.4. The van der Waals surface area contributed by atoms with Crippen LogP contribution < -0.4 is 0 Å². The van der Waals surface area contributed by atoms with Crippen molar-refractivity contribution in [2.24, 2.45) is 0 Å². The summed E-state index contributed by atoms with van der Waals surface area (Å²) in [6, 6.07) is 9.29. The molecule has 0 radical (unpaired) electrons. The standard InChI is InChI=1S/2C11H11.C2H4.Ti/c2*1-8-6-7-9(2)11-5-3-4-10(8)11;1-2;/h2*3-7H,1-2H3;1-2H2;. The number of rotatable bonds is 2. The molecule has 1 aliphatic heterocycles. The molecule has 0 amide bonds. The van der Waals surface area contributed by atoms with Crippen molar-refractivity contribution in [1.29, 1.82) is 0 Å². The zero-order chi connectivity index (χ0) is 17.3. The summed E-state index contributed by atoms with van der Waals surface area (Å²) in [6.45, 7) is 9.19. The van der Waals surface area contributed by atoms with E-state index in [0.29, 0.717) is 0 Å². The maximum atomic E-state index is 2.59. The van der Waals surface area contributed by atoms with Gasteiger partial charge in [-0.2, -0.15) is 0 Å². The van der Waals surface area contributed by atoms with Crippen molar-refractivity contribution < 1.29 is 16.6 Å². The Kier molecular flexibility index (Phi) is 3.37. The summed E-state index contributed by atoms with van der Waals surface area (Å²) in [5, 5.41) is 0. The zero-order valence-corrected chi connectivity index (χ0v) is 17.2. The van der Waals surface area contributed by atoms with Crippen molar-refractivity contribution >= 4 is 12.2 Å². The molecule has 1 saturated heterocycles. The zero-order valence-electron chi connectivity index (χ0n) is 15.7. The summed E-state index contributed by atoms with van der Waals surface area (Å²) in [6.07, 6.45) is 10.1. The molecule has 126 valence electrons. The van der Waals surface area contributed by atoms with Gasteiger partial charge in [-0.1, -0.05) is 0 Å². The van der Waals surface area contributed by atoms with Gasteiger partial charge in [-0.05, 0) is 0 Å². The van der Waals surface area contributed by atoms with E-state index in [-0.39, 0.29) is 0 Å². The van der Waals surface area contributed by atoms with E-state index in [0.717, 1.165) is 8.45 Å². The molecule has 2 unspecified atom stereocenters. The molecule has 25 heavy (non-hydrogen) atoms. The Bertz CT molecular complexity index is 881. The molecule has 1 heterocycles. The van der Waals surface area contributed by atoms with Gasteiger partial charge < -0.3 is 0 Å². The minimum atomic E-state index is -1.99. The third kappa shape index (κ3) is 2.11. The predicted molar refractivity (Wildman–Crippen MR) is 105 cm³/mol. The third-order valence-electron chi connectivity index (χ3n) is 7.05. The summed E-state index contributed by atoms with van der Waals surface area (Å²) in [4.78, 5) is 0. The molecule has 1 fully saturated rings. The maximum absolute atomic E-state index is 2.59. The molecule has 2 atom stereocenters. The SMILES string of the molecule is Cc1ccc(C)c2c1C=C[CH]2[Ti]1([CH]2C=Cc3c(C)ccc(C)c32)[CH2][CH2]1. The summed E-state index contributed by atoms with van der Waals surface area (Å²) < 4.78 is 4.58. The molecule has 0 aromatic heterocycles. The Balaban J connectivity index is 1.64. The number of allylic oxidation sites excluding steroid dienone is 2. The van der Waals surface area contributed by atoms with E-state index in [1.807, 2.05) is 0 Å². The van der Waals surface area contributed by atoms with Crippen LogP contribution >= 0.6 is 0 Å². The van der Waals surface area contributed by atoms with Crippen LogP contribution in [0.5, 0.6) is 0 Å². The van der Waals surface area contributed by atoms with Crippen LogP contribution in [0.3, 0.4) is 0 Å². The average Bonchev–Trinajstić information content (AvgIpc) is 3.07. The van der Waals surface area contributed by atoms with E-state index in [1.165, 1.54) is 42.8 Å². The van der Waals surface area contributed by atoms with Crippen molar-refractivity contribution in [3.63, 3.8) is 0 Å². The number of hydrogen-bond donors (Lipinski definition) is 0. The first-order valence-electron chi connectivity index (χ1n) is 9.59. The van der Waals surface area contributed by atoms with Gasteiger partial charge in [0.2, 0.25) is 0 Å². The fourth-order valence-electron chi connectivity index (χ4n) is 5.47. The van der Waals surface area contributed by atoms with Crippen LogP contribution in [0.4, 0.5) is 0 Å². The third-order valence-corrected chi connectivity index (χ3v) is 15.0. The van der Waals surface area contributed by atoms with Gasteiger partial charge in [-0.15, -0.1) is 0 Å². The number of aryl methyl sites for hydroxylation is 4. The Labute approximate surface area is 155 Å². The molecule has 1 heteroatoms. The minimum absolute atomic E-state index is 0.760. The first-order chi connectivity index (χ1) is 12.0. The summed E-state index contributed by atoms with van der Waals surface area (Å²) in [5.74, 6) is 0. The topological polar surface area (TPSA) is 0 Å². The van der Waals surface area contributed by atoms with Crippen LogP contribution in [0, 0.1) is 27.7 Å². The van der Waals surface area contributed by atoms with Crippen LogP contribution in [0.25, 0.3) is 12.2 Å². The normalized spacial score (nSPS) is 24.5. The Morgan fingerprint density at radius 2 is 1.04 bits per heavy atom. The van der Waals surface area contributed by atoms with Crippen molar-refractivity contribution in [3.05, 3.63) is 80.9 Å². The van der Waals surface area contributed by atoms with E-state index in [2.05, 4.69) is 76.3 Å². The van der Waals surface area contributed by atoms with E-state index < -0.39 is 16.6 Å². The molecule has 2 aromatic carbocycles. The van der Waals surface area contributed by atoms with Crippen molar-refractivity contribution in [3.8, 4) is 0 Å². The van der Waals surface area contributed by atoms with E-state index in [1.54, 1.807) is 11.1 Å². The second kappa shape index (κ2) is 5.32. The number of fused-ring (bicyclic) bond motifs is 2. The van der Waals surface area contributed by atoms with E-state index in [9.17, 15) is 0 Å². The van der Waals surface area contributed by atoms with Crippen LogP contribution in [-0.4, -0.2) is 0 Å². The molecule has 0 spiro atoms. The van der Waals surface area contributed by atoms with Crippen LogP contribution in [-0.2, 0) is 16.6 Å². The second-order valence-corrected chi connectivity index (χ2v) is 15.8. The van der Waals surface area contributed by atoms with Crippen LogP contribution in [0.1, 0.15) is 53.0 Å². The molecule has 3 aliphatic rings. The van der Waals surface area contributed by atoms with Crippen molar-refractivity contribution in [1.82, 2.24) is 0 Å².